The first kappa shape index (κ1) is 18.0. The quantitative estimate of drug-likeness (QED) is 0.655. The minimum atomic E-state index is -0.281. The Morgan fingerprint density at radius 3 is 2.78 bits per heavy atom. The molecule has 7 heteroatoms. The summed E-state index contributed by atoms with van der Waals surface area (Å²) in [5, 5.41) is 7.96. The van der Waals surface area contributed by atoms with Gasteiger partial charge in [-0.15, -0.1) is 10.2 Å². The lowest BCUT2D eigenvalue weighted by Gasteiger charge is -2.36. The number of rotatable bonds is 5. The van der Waals surface area contributed by atoms with Gasteiger partial charge < -0.3 is 4.74 Å². The number of nitrogens with zero attached hydrogens (tertiary/aromatic N) is 2. The molecule has 0 bridgehead atoms. The second kappa shape index (κ2) is 7.95. The molecule has 0 saturated heterocycles. The van der Waals surface area contributed by atoms with Crippen LogP contribution in [-0.4, -0.2) is 33.0 Å². The second-order valence-electron chi connectivity index (χ2n) is 6.69. The van der Waals surface area contributed by atoms with Gasteiger partial charge in [0.15, 0.2) is 5.16 Å². The van der Waals surface area contributed by atoms with E-state index in [9.17, 15) is 9.59 Å². The summed E-state index contributed by atoms with van der Waals surface area (Å²) >= 11 is 1.15. The highest BCUT2D eigenvalue weighted by Crippen LogP contribution is 2.35. The Bertz CT molecular complexity index is 602. The standard InChI is InChI=1S/C16H25N3O3S/c1-9(2)12-6-5-10(3)7-13(12)22-14(20)8-23-16-17-15(21)11(4)18-19-16/h9-10,12-13H,5-8H2,1-4H3,(H,17,19,21)/t10-,12-,13-/m0/s1. The number of esters is 1. The summed E-state index contributed by atoms with van der Waals surface area (Å²) in [6.45, 7) is 8.16. The lowest BCUT2D eigenvalue weighted by atomic mass is 9.75. The zero-order valence-corrected chi connectivity index (χ0v) is 15.0. The van der Waals surface area contributed by atoms with Gasteiger partial charge in [0.05, 0.1) is 5.75 Å². The molecule has 1 aliphatic carbocycles. The molecule has 1 N–H and O–H groups in total. The highest BCUT2D eigenvalue weighted by Gasteiger charge is 2.33. The van der Waals surface area contributed by atoms with Gasteiger partial charge in [0, 0.05) is 0 Å². The van der Waals surface area contributed by atoms with Gasteiger partial charge in [-0.05, 0) is 37.5 Å². The van der Waals surface area contributed by atoms with Crippen LogP contribution in [0.4, 0.5) is 0 Å². The summed E-state index contributed by atoms with van der Waals surface area (Å²) in [7, 11) is 0. The molecule has 0 aromatic carbocycles. The number of thioether (sulfide) groups is 1. The fourth-order valence-electron chi connectivity index (χ4n) is 3.02. The van der Waals surface area contributed by atoms with Crippen molar-refractivity contribution < 1.29 is 9.53 Å². The van der Waals surface area contributed by atoms with Crippen molar-refractivity contribution >= 4 is 17.7 Å². The van der Waals surface area contributed by atoms with Gasteiger partial charge >= 0.3 is 5.97 Å². The molecule has 2 rings (SSSR count). The zero-order valence-electron chi connectivity index (χ0n) is 14.2. The third-order valence-corrected chi connectivity index (χ3v) is 5.25. The molecule has 1 saturated carbocycles. The minimum Gasteiger partial charge on any atom is -0.461 e. The third-order valence-electron chi connectivity index (χ3n) is 4.41. The lowest BCUT2D eigenvalue weighted by Crippen LogP contribution is -2.36. The van der Waals surface area contributed by atoms with E-state index in [1.165, 1.54) is 6.42 Å². The van der Waals surface area contributed by atoms with E-state index in [1.807, 2.05) is 0 Å². The van der Waals surface area contributed by atoms with E-state index < -0.39 is 0 Å². The fraction of sp³-hybridized carbons (Fsp3) is 0.750. The Hall–Kier alpha value is -1.37. The second-order valence-corrected chi connectivity index (χ2v) is 7.65. The molecule has 1 aliphatic rings. The topological polar surface area (TPSA) is 84.9 Å². The predicted molar refractivity (Wildman–Crippen MR) is 89.3 cm³/mol. The van der Waals surface area contributed by atoms with Gasteiger partial charge in [0.2, 0.25) is 0 Å². The molecule has 0 spiro atoms. The third kappa shape index (κ3) is 5.06. The highest BCUT2D eigenvalue weighted by molar-refractivity contribution is 7.99. The van der Waals surface area contributed by atoms with Crippen LogP contribution < -0.4 is 5.56 Å². The molecule has 1 aromatic heterocycles. The van der Waals surface area contributed by atoms with Crippen LogP contribution in [0.5, 0.6) is 0 Å². The monoisotopic (exact) mass is 339 g/mol. The van der Waals surface area contributed by atoms with E-state index in [0.717, 1.165) is 24.6 Å². The van der Waals surface area contributed by atoms with E-state index in [0.29, 0.717) is 28.6 Å². The summed E-state index contributed by atoms with van der Waals surface area (Å²) < 4.78 is 5.71. The Balaban J connectivity index is 1.89. The van der Waals surface area contributed by atoms with Crippen molar-refractivity contribution in [1.29, 1.82) is 0 Å². The first-order valence-electron chi connectivity index (χ1n) is 8.12. The Labute approximate surface area is 140 Å². The van der Waals surface area contributed by atoms with Crippen LogP contribution >= 0.6 is 11.8 Å². The summed E-state index contributed by atoms with van der Waals surface area (Å²) in [6.07, 6.45) is 3.24. The predicted octanol–water partition coefficient (Wildman–Crippen LogP) is 2.57. The smallest absolute Gasteiger partial charge is 0.316 e. The molecule has 0 aliphatic heterocycles. The highest BCUT2D eigenvalue weighted by atomic mass is 32.2. The van der Waals surface area contributed by atoms with Gasteiger partial charge in [-0.1, -0.05) is 39.0 Å². The van der Waals surface area contributed by atoms with Crippen molar-refractivity contribution in [3.05, 3.63) is 16.0 Å². The van der Waals surface area contributed by atoms with Gasteiger partial charge in [-0.3, -0.25) is 14.6 Å². The molecule has 128 valence electrons. The molecule has 1 aromatic rings. The number of carbonyl (C=O) groups is 1. The van der Waals surface area contributed by atoms with Crippen LogP contribution in [0.15, 0.2) is 9.95 Å². The molecule has 3 atom stereocenters. The SMILES string of the molecule is Cc1nnc(SCC(=O)O[C@H]2C[C@@H](C)CC[C@H]2C(C)C)[nH]c1=O. The number of aromatic nitrogens is 3. The van der Waals surface area contributed by atoms with Crippen molar-refractivity contribution in [2.24, 2.45) is 17.8 Å². The van der Waals surface area contributed by atoms with Crippen molar-refractivity contribution in [3.8, 4) is 0 Å². The van der Waals surface area contributed by atoms with Gasteiger partial charge in [0.1, 0.15) is 11.8 Å². The van der Waals surface area contributed by atoms with Gasteiger partial charge in [-0.2, -0.15) is 0 Å². The zero-order chi connectivity index (χ0) is 17.0. The minimum absolute atomic E-state index is 0.00463. The number of H-pyrrole nitrogens is 1. The van der Waals surface area contributed by atoms with E-state index in [2.05, 4.69) is 36.0 Å². The number of aromatic amines is 1. The molecular weight excluding hydrogens is 314 g/mol. The Morgan fingerprint density at radius 2 is 2.13 bits per heavy atom. The summed E-state index contributed by atoms with van der Waals surface area (Å²) in [4.78, 5) is 26.2. The van der Waals surface area contributed by atoms with Crippen molar-refractivity contribution in [2.75, 3.05) is 5.75 Å². The van der Waals surface area contributed by atoms with Gasteiger partial charge in [0.25, 0.3) is 5.56 Å². The average molecular weight is 339 g/mol. The van der Waals surface area contributed by atoms with Crippen molar-refractivity contribution in [2.45, 2.75) is 58.2 Å². The fourth-order valence-corrected chi connectivity index (χ4v) is 3.61. The molecule has 6 nitrogen and oxygen atoms in total. The maximum atomic E-state index is 12.1. The summed E-state index contributed by atoms with van der Waals surface area (Å²) in [5.74, 6) is 1.40. The number of carbonyl (C=O) groups excluding carboxylic acids is 1. The van der Waals surface area contributed by atoms with Crippen LogP contribution in [0, 0.1) is 24.7 Å². The number of hydrogen-bond donors (Lipinski definition) is 1. The molecule has 0 radical (unpaired) electrons. The van der Waals surface area contributed by atoms with E-state index in [1.54, 1.807) is 6.92 Å². The van der Waals surface area contributed by atoms with Crippen molar-refractivity contribution in [1.82, 2.24) is 15.2 Å². The van der Waals surface area contributed by atoms with Crippen LogP contribution in [0.2, 0.25) is 0 Å². The molecular formula is C16H25N3O3S. The molecule has 0 amide bonds. The van der Waals surface area contributed by atoms with E-state index in [4.69, 9.17) is 4.74 Å². The average Bonchev–Trinajstić information content (AvgIpc) is 2.48. The molecule has 1 heterocycles. The first-order chi connectivity index (χ1) is 10.9. The van der Waals surface area contributed by atoms with Crippen LogP contribution in [-0.2, 0) is 9.53 Å². The number of nitrogens with one attached hydrogen (secondary N) is 1. The first-order valence-corrected chi connectivity index (χ1v) is 9.11. The normalized spacial score (nSPS) is 24.7. The summed E-state index contributed by atoms with van der Waals surface area (Å²) in [5.41, 5.74) is 0.0322. The van der Waals surface area contributed by atoms with Gasteiger partial charge in [-0.25, -0.2) is 0 Å². The van der Waals surface area contributed by atoms with Crippen LogP contribution in [0.3, 0.4) is 0 Å². The summed E-state index contributed by atoms with van der Waals surface area (Å²) in [6, 6.07) is 0. The largest absolute Gasteiger partial charge is 0.461 e. The van der Waals surface area contributed by atoms with E-state index >= 15 is 0 Å². The Kier molecular flexibility index (Phi) is 6.21. The number of hydrogen-bond acceptors (Lipinski definition) is 6. The number of aryl methyl sites for hydroxylation is 1. The molecule has 23 heavy (non-hydrogen) atoms. The molecule has 1 fully saturated rings. The van der Waals surface area contributed by atoms with Crippen molar-refractivity contribution in [3.63, 3.8) is 0 Å². The Morgan fingerprint density at radius 1 is 1.39 bits per heavy atom. The number of ether oxygens (including phenoxy) is 1. The lowest BCUT2D eigenvalue weighted by molar-refractivity contribution is -0.152. The molecule has 0 unspecified atom stereocenters. The maximum Gasteiger partial charge on any atom is 0.316 e. The van der Waals surface area contributed by atoms with Crippen LogP contribution in [0.25, 0.3) is 0 Å². The van der Waals surface area contributed by atoms with E-state index in [-0.39, 0.29) is 23.4 Å². The maximum absolute atomic E-state index is 12.1. The van der Waals surface area contributed by atoms with Crippen LogP contribution in [0.1, 0.15) is 45.7 Å².